The molecule has 0 fully saturated rings. The van der Waals surface area contributed by atoms with Gasteiger partial charge in [-0.05, 0) is 36.8 Å². The normalized spacial score (nSPS) is 11.4. The summed E-state index contributed by atoms with van der Waals surface area (Å²) in [6.07, 6.45) is -4.64. The lowest BCUT2D eigenvalue weighted by Crippen LogP contribution is -2.27. The van der Waals surface area contributed by atoms with Crippen LogP contribution in [0.25, 0.3) is 11.0 Å². The third kappa shape index (κ3) is 4.65. The van der Waals surface area contributed by atoms with Crippen molar-refractivity contribution in [3.63, 3.8) is 0 Å². The van der Waals surface area contributed by atoms with E-state index in [0.717, 1.165) is 11.1 Å². The Morgan fingerprint density at radius 3 is 2.48 bits per heavy atom. The van der Waals surface area contributed by atoms with Crippen molar-refractivity contribution < 1.29 is 17.6 Å². The molecule has 3 rings (SSSR count). The largest absolute Gasteiger partial charge is 0.423 e. The van der Waals surface area contributed by atoms with Crippen LogP contribution in [0.1, 0.15) is 16.7 Å². The van der Waals surface area contributed by atoms with Crippen LogP contribution in [0.5, 0.6) is 0 Å². The predicted octanol–water partition coefficient (Wildman–Crippen LogP) is 4.61. The molecule has 0 aliphatic heterocycles. The Hall–Kier alpha value is -2.87. The van der Waals surface area contributed by atoms with Crippen LogP contribution < -0.4 is 16.3 Å². The number of hydrogen-bond donors (Lipinski definition) is 2. The van der Waals surface area contributed by atoms with Crippen LogP contribution in [0.2, 0.25) is 0 Å². The fourth-order valence-corrected chi connectivity index (χ4v) is 2.73. The van der Waals surface area contributed by atoms with Gasteiger partial charge in [0, 0.05) is 29.8 Å². The monoisotopic (exact) mass is 392 g/mol. The molecule has 4 nitrogen and oxygen atoms in total. The van der Waals surface area contributed by atoms with Crippen LogP contribution in [0.3, 0.4) is 0 Å². The second-order valence-electron chi connectivity index (χ2n) is 5.98. The molecule has 0 amide bonds. The molecule has 0 saturated heterocycles. The molecule has 1 aromatic heterocycles. The Labute approximate surface area is 158 Å². The second-order valence-corrected chi connectivity index (χ2v) is 6.39. The molecule has 1 heterocycles. The van der Waals surface area contributed by atoms with E-state index in [-0.39, 0.29) is 11.0 Å². The molecular weight excluding hydrogens is 377 g/mol. The number of nitrogens with one attached hydrogen (secondary N) is 2. The Bertz CT molecular complexity index is 1040. The summed E-state index contributed by atoms with van der Waals surface area (Å²) in [5.41, 5.74) is 0.333. The predicted molar refractivity (Wildman–Crippen MR) is 102 cm³/mol. The molecule has 2 aromatic carbocycles. The molecule has 0 spiro atoms. The average Bonchev–Trinajstić information content (AvgIpc) is 2.59. The molecule has 27 heavy (non-hydrogen) atoms. The smallest absolute Gasteiger partial charge is 0.417 e. The van der Waals surface area contributed by atoms with Gasteiger partial charge in [-0.1, -0.05) is 29.8 Å². The van der Waals surface area contributed by atoms with Gasteiger partial charge in [-0.2, -0.15) is 13.2 Å². The summed E-state index contributed by atoms with van der Waals surface area (Å²) in [5, 5.41) is 5.99. The van der Waals surface area contributed by atoms with Gasteiger partial charge in [-0.25, -0.2) is 4.79 Å². The van der Waals surface area contributed by atoms with Crippen LogP contribution in [-0.2, 0) is 12.7 Å². The maximum Gasteiger partial charge on any atom is 0.417 e. The second kappa shape index (κ2) is 7.40. The van der Waals surface area contributed by atoms with Gasteiger partial charge in [-0.15, -0.1) is 0 Å². The molecule has 3 aromatic rings. The number of hydrogen-bond acceptors (Lipinski definition) is 3. The summed E-state index contributed by atoms with van der Waals surface area (Å²) >= 11 is 5.20. The zero-order chi connectivity index (χ0) is 19.6. The molecule has 2 N–H and O–H groups in total. The molecule has 0 aliphatic rings. The molecule has 0 unspecified atom stereocenters. The highest BCUT2D eigenvalue weighted by Crippen LogP contribution is 2.34. The van der Waals surface area contributed by atoms with Crippen LogP contribution in [0.15, 0.2) is 57.7 Å². The molecule has 0 aliphatic carbocycles. The standard InChI is InChI=1S/C19H15F3N2O2S/c1-11-2-4-12(5-3-11)10-23-18(27)24-13-6-7-14-15(19(20,21)22)9-17(25)26-16(14)8-13/h2-9H,10H2,1H3,(H2,23,24,27). The molecule has 0 atom stereocenters. The number of rotatable bonds is 3. The van der Waals surface area contributed by atoms with Crippen LogP contribution in [0, 0.1) is 6.92 Å². The summed E-state index contributed by atoms with van der Waals surface area (Å²) in [6.45, 7) is 2.48. The van der Waals surface area contributed by atoms with Gasteiger partial charge in [0.2, 0.25) is 0 Å². The van der Waals surface area contributed by atoms with E-state index in [0.29, 0.717) is 23.4 Å². The van der Waals surface area contributed by atoms with Crippen molar-refractivity contribution in [3.8, 4) is 0 Å². The lowest BCUT2D eigenvalue weighted by atomic mass is 10.1. The fraction of sp³-hybridized carbons (Fsp3) is 0.158. The minimum atomic E-state index is -4.64. The Kier molecular flexibility index (Phi) is 5.18. The zero-order valence-corrected chi connectivity index (χ0v) is 15.0. The van der Waals surface area contributed by atoms with Gasteiger partial charge in [0.15, 0.2) is 5.11 Å². The van der Waals surface area contributed by atoms with E-state index in [1.165, 1.54) is 18.2 Å². The van der Waals surface area contributed by atoms with Crippen molar-refractivity contribution in [3.05, 3.63) is 75.6 Å². The average molecular weight is 392 g/mol. The van der Waals surface area contributed by atoms with Crippen molar-refractivity contribution in [1.29, 1.82) is 0 Å². The van der Waals surface area contributed by atoms with Gasteiger partial charge in [0.05, 0.1) is 5.56 Å². The van der Waals surface area contributed by atoms with E-state index in [1.54, 1.807) is 0 Å². The first-order valence-electron chi connectivity index (χ1n) is 7.98. The fourth-order valence-electron chi connectivity index (χ4n) is 2.54. The van der Waals surface area contributed by atoms with Crippen molar-refractivity contribution >= 4 is 34.0 Å². The summed E-state index contributed by atoms with van der Waals surface area (Å²) < 4.78 is 44.1. The highest BCUT2D eigenvalue weighted by atomic mass is 32.1. The quantitative estimate of drug-likeness (QED) is 0.504. The van der Waals surface area contributed by atoms with Crippen molar-refractivity contribution in [2.75, 3.05) is 5.32 Å². The van der Waals surface area contributed by atoms with E-state index < -0.39 is 17.4 Å². The summed E-state index contributed by atoms with van der Waals surface area (Å²) in [7, 11) is 0. The minimum absolute atomic E-state index is 0.166. The lowest BCUT2D eigenvalue weighted by molar-refractivity contribution is -0.136. The number of anilines is 1. The number of halogens is 3. The van der Waals surface area contributed by atoms with Crippen molar-refractivity contribution in [2.24, 2.45) is 0 Å². The van der Waals surface area contributed by atoms with Gasteiger partial charge in [0.25, 0.3) is 0 Å². The highest BCUT2D eigenvalue weighted by molar-refractivity contribution is 7.80. The maximum absolute atomic E-state index is 13.1. The number of fused-ring (bicyclic) bond motifs is 1. The SMILES string of the molecule is Cc1ccc(CNC(=S)Nc2ccc3c(C(F)(F)F)cc(=O)oc3c2)cc1. The number of benzene rings is 2. The van der Waals surface area contributed by atoms with E-state index in [2.05, 4.69) is 10.6 Å². The number of thiocarbonyl (C=S) groups is 1. The molecule has 0 bridgehead atoms. The van der Waals surface area contributed by atoms with Crippen molar-refractivity contribution in [2.45, 2.75) is 19.6 Å². The zero-order valence-electron chi connectivity index (χ0n) is 14.2. The third-order valence-electron chi connectivity index (χ3n) is 3.88. The minimum Gasteiger partial charge on any atom is -0.423 e. The molecule has 0 saturated carbocycles. The molecule has 8 heteroatoms. The summed E-state index contributed by atoms with van der Waals surface area (Å²) in [5.74, 6) is 0. The van der Waals surface area contributed by atoms with E-state index in [4.69, 9.17) is 16.6 Å². The number of aryl methyl sites for hydroxylation is 1. The van der Waals surface area contributed by atoms with Crippen molar-refractivity contribution in [1.82, 2.24) is 5.32 Å². The Morgan fingerprint density at radius 2 is 1.81 bits per heavy atom. The first kappa shape index (κ1) is 18.9. The molecule has 140 valence electrons. The van der Waals surface area contributed by atoms with Gasteiger partial charge >= 0.3 is 11.8 Å². The molecule has 0 radical (unpaired) electrons. The van der Waals surface area contributed by atoms with Gasteiger partial charge in [0.1, 0.15) is 5.58 Å². The summed E-state index contributed by atoms with van der Waals surface area (Å²) in [4.78, 5) is 11.4. The Balaban J connectivity index is 1.76. The van der Waals surface area contributed by atoms with E-state index in [1.807, 2.05) is 31.2 Å². The highest BCUT2D eigenvalue weighted by Gasteiger charge is 2.33. The Morgan fingerprint density at radius 1 is 1.11 bits per heavy atom. The first-order valence-corrected chi connectivity index (χ1v) is 8.39. The topological polar surface area (TPSA) is 54.3 Å². The molecular formula is C19H15F3N2O2S. The third-order valence-corrected chi connectivity index (χ3v) is 4.13. The summed E-state index contributed by atoms with van der Waals surface area (Å²) in [6, 6.07) is 12.3. The van der Waals surface area contributed by atoms with E-state index >= 15 is 0 Å². The van der Waals surface area contributed by atoms with E-state index in [9.17, 15) is 18.0 Å². The van der Waals surface area contributed by atoms with Crippen LogP contribution in [0.4, 0.5) is 18.9 Å². The maximum atomic E-state index is 13.1. The number of alkyl halides is 3. The van der Waals surface area contributed by atoms with Gasteiger partial charge < -0.3 is 15.1 Å². The lowest BCUT2D eigenvalue weighted by Gasteiger charge is -2.13. The first-order chi connectivity index (χ1) is 12.7. The van der Waals surface area contributed by atoms with Crippen LogP contribution in [-0.4, -0.2) is 5.11 Å². The van der Waals surface area contributed by atoms with Crippen LogP contribution >= 0.6 is 12.2 Å². The van der Waals surface area contributed by atoms with Gasteiger partial charge in [-0.3, -0.25) is 0 Å².